The van der Waals surface area contributed by atoms with E-state index in [-0.39, 0.29) is 11.8 Å². The SMILES string of the molecule is CCCCC1(C2CCCN(Cc3ccccc3)C2)N=C(N)N(C)C1=O. The van der Waals surface area contributed by atoms with Crippen LogP contribution in [0.3, 0.4) is 0 Å². The lowest BCUT2D eigenvalue weighted by Gasteiger charge is -2.40. The number of hydrogen-bond acceptors (Lipinski definition) is 4. The van der Waals surface area contributed by atoms with Crippen LogP contribution in [-0.4, -0.2) is 47.3 Å². The molecule has 1 amide bonds. The summed E-state index contributed by atoms with van der Waals surface area (Å²) >= 11 is 0. The van der Waals surface area contributed by atoms with E-state index >= 15 is 0 Å². The number of likely N-dealkylation sites (N-methyl/N-ethyl adjacent to an activating group) is 1. The molecule has 2 unspecified atom stereocenters. The highest BCUT2D eigenvalue weighted by molar-refractivity contribution is 6.06. The van der Waals surface area contributed by atoms with Crippen LogP contribution in [-0.2, 0) is 11.3 Å². The number of benzene rings is 1. The number of rotatable bonds is 6. The average molecular weight is 342 g/mol. The first-order valence-electron chi connectivity index (χ1n) is 9.46. The molecule has 25 heavy (non-hydrogen) atoms. The Bertz CT molecular complexity index is 630. The smallest absolute Gasteiger partial charge is 0.257 e. The molecule has 1 saturated heterocycles. The molecule has 1 aromatic rings. The van der Waals surface area contributed by atoms with Gasteiger partial charge in [0.15, 0.2) is 5.96 Å². The molecule has 0 aromatic heterocycles. The predicted molar refractivity (Wildman–Crippen MR) is 101 cm³/mol. The fourth-order valence-corrected chi connectivity index (χ4v) is 4.23. The number of guanidine groups is 1. The Kier molecular flexibility index (Phi) is 5.42. The molecule has 2 heterocycles. The molecule has 0 bridgehead atoms. The van der Waals surface area contributed by atoms with E-state index in [2.05, 4.69) is 36.1 Å². The minimum atomic E-state index is -0.649. The van der Waals surface area contributed by atoms with E-state index in [0.29, 0.717) is 5.96 Å². The second kappa shape index (κ2) is 7.56. The van der Waals surface area contributed by atoms with Gasteiger partial charge >= 0.3 is 0 Å². The fraction of sp³-hybridized carbons (Fsp3) is 0.600. The number of hydrogen-bond donors (Lipinski definition) is 1. The fourth-order valence-electron chi connectivity index (χ4n) is 4.23. The molecule has 0 spiro atoms. The molecule has 2 N–H and O–H groups in total. The number of amides is 1. The van der Waals surface area contributed by atoms with Crippen molar-refractivity contribution in [3.8, 4) is 0 Å². The molecule has 0 saturated carbocycles. The second-order valence-corrected chi connectivity index (χ2v) is 7.42. The first kappa shape index (κ1) is 17.9. The van der Waals surface area contributed by atoms with Crippen molar-refractivity contribution in [1.29, 1.82) is 0 Å². The van der Waals surface area contributed by atoms with Crippen molar-refractivity contribution in [2.75, 3.05) is 20.1 Å². The van der Waals surface area contributed by atoms with Gasteiger partial charge in [-0.15, -0.1) is 0 Å². The molecule has 3 rings (SSSR count). The lowest BCUT2D eigenvalue weighted by atomic mass is 9.75. The summed E-state index contributed by atoms with van der Waals surface area (Å²) in [6, 6.07) is 10.6. The molecule has 0 aliphatic carbocycles. The largest absolute Gasteiger partial charge is 0.369 e. The third-order valence-corrected chi connectivity index (χ3v) is 5.67. The van der Waals surface area contributed by atoms with Gasteiger partial charge in [-0.2, -0.15) is 0 Å². The van der Waals surface area contributed by atoms with Crippen molar-refractivity contribution >= 4 is 11.9 Å². The Labute approximate surface area is 150 Å². The minimum absolute atomic E-state index is 0.0880. The molecule has 0 radical (unpaired) electrons. The molecule has 5 nitrogen and oxygen atoms in total. The molecule has 2 aliphatic heterocycles. The van der Waals surface area contributed by atoms with E-state index in [1.165, 1.54) is 5.56 Å². The van der Waals surface area contributed by atoms with Gasteiger partial charge in [-0.05, 0) is 31.4 Å². The normalized spacial score (nSPS) is 27.6. The highest BCUT2D eigenvalue weighted by Crippen LogP contribution is 2.39. The van der Waals surface area contributed by atoms with Crippen LogP contribution in [0.25, 0.3) is 0 Å². The number of nitrogens with zero attached hydrogens (tertiary/aromatic N) is 3. The highest BCUT2D eigenvalue weighted by atomic mass is 16.2. The Balaban J connectivity index is 1.78. The van der Waals surface area contributed by atoms with Gasteiger partial charge in [0, 0.05) is 26.1 Å². The third kappa shape index (κ3) is 3.56. The molecular formula is C20H30N4O. The number of likely N-dealkylation sites (tertiary alicyclic amines) is 1. The van der Waals surface area contributed by atoms with Crippen LogP contribution < -0.4 is 5.73 Å². The van der Waals surface area contributed by atoms with Gasteiger partial charge in [-0.25, -0.2) is 4.99 Å². The third-order valence-electron chi connectivity index (χ3n) is 5.67. The number of carbonyl (C=O) groups excluding carboxylic acids is 1. The van der Waals surface area contributed by atoms with Crippen LogP contribution in [0.4, 0.5) is 0 Å². The molecule has 1 fully saturated rings. The number of nitrogens with two attached hydrogens (primary N) is 1. The van der Waals surface area contributed by atoms with Gasteiger partial charge in [-0.3, -0.25) is 14.6 Å². The molecule has 2 atom stereocenters. The van der Waals surface area contributed by atoms with E-state index in [0.717, 1.165) is 51.7 Å². The van der Waals surface area contributed by atoms with Crippen LogP contribution in [0.1, 0.15) is 44.6 Å². The van der Waals surface area contributed by atoms with E-state index in [9.17, 15) is 4.79 Å². The molecule has 136 valence electrons. The van der Waals surface area contributed by atoms with Gasteiger partial charge < -0.3 is 5.73 Å². The summed E-state index contributed by atoms with van der Waals surface area (Å²) < 4.78 is 0. The van der Waals surface area contributed by atoms with Crippen molar-refractivity contribution < 1.29 is 4.79 Å². The average Bonchev–Trinajstić information content (AvgIpc) is 2.86. The topological polar surface area (TPSA) is 61.9 Å². The number of unbranched alkanes of at least 4 members (excludes halogenated alkanes) is 1. The molecular weight excluding hydrogens is 312 g/mol. The van der Waals surface area contributed by atoms with Crippen molar-refractivity contribution in [2.45, 2.75) is 51.1 Å². The first-order valence-corrected chi connectivity index (χ1v) is 9.46. The molecule has 5 heteroatoms. The Morgan fingerprint density at radius 3 is 2.72 bits per heavy atom. The Morgan fingerprint density at radius 2 is 2.08 bits per heavy atom. The van der Waals surface area contributed by atoms with Gasteiger partial charge in [0.05, 0.1) is 0 Å². The van der Waals surface area contributed by atoms with Gasteiger partial charge in [0.2, 0.25) is 0 Å². The first-order chi connectivity index (χ1) is 12.1. The second-order valence-electron chi connectivity index (χ2n) is 7.42. The van der Waals surface area contributed by atoms with Crippen molar-refractivity contribution in [1.82, 2.24) is 9.80 Å². The summed E-state index contributed by atoms with van der Waals surface area (Å²) in [5.74, 6) is 0.707. The van der Waals surface area contributed by atoms with Crippen LogP contribution >= 0.6 is 0 Å². The van der Waals surface area contributed by atoms with Crippen LogP contribution in [0.2, 0.25) is 0 Å². The zero-order valence-corrected chi connectivity index (χ0v) is 15.4. The summed E-state index contributed by atoms with van der Waals surface area (Å²) in [7, 11) is 1.75. The standard InChI is InChI=1S/C20H30N4O/c1-3-4-12-20(18(25)23(2)19(21)22-20)17-11-8-13-24(15-17)14-16-9-6-5-7-10-16/h5-7,9-10,17H,3-4,8,11-15H2,1-2H3,(H2,21,22). The van der Waals surface area contributed by atoms with E-state index in [4.69, 9.17) is 10.7 Å². The van der Waals surface area contributed by atoms with Crippen molar-refractivity contribution in [3.05, 3.63) is 35.9 Å². The van der Waals surface area contributed by atoms with Crippen LogP contribution in [0.5, 0.6) is 0 Å². The Hall–Kier alpha value is -1.88. The maximum absolute atomic E-state index is 13.0. The maximum atomic E-state index is 13.0. The van der Waals surface area contributed by atoms with Crippen LogP contribution in [0, 0.1) is 5.92 Å². The highest BCUT2D eigenvalue weighted by Gasteiger charge is 2.52. The summed E-state index contributed by atoms with van der Waals surface area (Å²) in [5, 5.41) is 0. The van der Waals surface area contributed by atoms with Gasteiger partial charge in [0.1, 0.15) is 5.54 Å². The number of aliphatic imine (C=N–C) groups is 1. The van der Waals surface area contributed by atoms with E-state index < -0.39 is 5.54 Å². The van der Waals surface area contributed by atoms with E-state index in [1.54, 1.807) is 11.9 Å². The van der Waals surface area contributed by atoms with Crippen molar-refractivity contribution in [3.63, 3.8) is 0 Å². The Morgan fingerprint density at radius 1 is 1.32 bits per heavy atom. The zero-order chi connectivity index (χ0) is 17.9. The lowest BCUT2D eigenvalue weighted by molar-refractivity contribution is -0.133. The molecule has 1 aromatic carbocycles. The summed E-state index contributed by atoms with van der Waals surface area (Å²) in [6.07, 6.45) is 5.03. The lowest BCUT2D eigenvalue weighted by Crippen LogP contribution is -2.52. The number of carbonyl (C=O) groups is 1. The summed E-state index contributed by atoms with van der Waals surface area (Å²) in [5.41, 5.74) is 6.70. The minimum Gasteiger partial charge on any atom is -0.369 e. The maximum Gasteiger partial charge on any atom is 0.257 e. The predicted octanol–water partition coefficient (Wildman–Crippen LogP) is 2.61. The zero-order valence-electron chi connectivity index (χ0n) is 15.4. The van der Waals surface area contributed by atoms with Crippen LogP contribution in [0.15, 0.2) is 35.3 Å². The summed E-state index contributed by atoms with van der Waals surface area (Å²) in [4.78, 5) is 21.8. The van der Waals surface area contributed by atoms with Gasteiger partial charge in [0.25, 0.3) is 5.91 Å². The number of piperidine rings is 1. The van der Waals surface area contributed by atoms with E-state index in [1.807, 2.05) is 6.07 Å². The quantitative estimate of drug-likeness (QED) is 0.864. The van der Waals surface area contributed by atoms with Crippen molar-refractivity contribution in [2.24, 2.45) is 16.6 Å². The van der Waals surface area contributed by atoms with Gasteiger partial charge in [-0.1, -0.05) is 50.1 Å². The molecule has 2 aliphatic rings. The monoisotopic (exact) mass is 342 g/mol. The summed E-state index contributed by atoms with van der Waals surface area (Å²) in [6.45, 7) is 5.09.